The molecule has 2 N–H and O–H groups in total. The summed E-state index contributed by atoms with van der Waals surface area (Å²) in [7, 11) is 0. The molecule has 2 aromatic rings. The second-order valence-electron chi connectivity index (χ2n) is 7.23. The van der Waals surface area contributed by atoms with Crippen LogP contribution in [0.4, 0.5) is 0 Å². The topological polar surface area (TPSA) is 134 Å². The third-order valence-electron chi connectivity index (χ3n) is 5.12. The zero-order valence-electron chi connectivity index (χ0n) is 17.0. The van der Waals surface area contributed by atoms with E-state index in [9.17, 15) is 24.8 Å². The second-order valence-corrected chi connectivity index (χ2v) is 9.47. The molecule has 0 aliphatic carbocycles. The second kappa shape index (κ2) is 9.41. The Morgan fingerprint density at radius 3 is 2.61 bits per heavy atom. The summed E-state index contributed by atoms with van der Waals surface area (Å²) in [4.78, 5) is 39.4. The molecule has 2 aromatic carbocycles. The lowest BCUT2D eigenvalue weighted by Gasteiger charge is -2.49. The number of rotatable bonds is 6. The highest BCUT2D eigenvalue weighted by Crippen LogP contribution is 2.45. The zero-order valence-corrected chi connectivity index (χ0v) is 18.7. The lowest BCUT2D eigenvalue weighted by atomic mass is 10.0. The molecule has 2 atom stereocenters. The third-order valence-corrected chi connectivity index (χ3v) is 7.74. The summed E-state index contributed by atoms with van der Waals surface area (Å²) in [5.74, 6) is -1.74. The maximum absolute atomic E-state index is 12.8. The summed E-state index contributed by atoms with van der Waals surface area (Å²) in [5, 5.41) is 30.5. The van der Waals surface area contributed by atoms with Crippen molar-refractivity contribution in [3.05, 3.63) is 75.8 Å². The van der Waals surface area contributed by atoms with E-state index in [4.69, 9.17) is 5.26 Å². The van der Waals surface area contributed by atoms with Gasteiger partial charge in [-0.1, -0.05) is 42.1 Å². The number of fused-ring (bicyclic) bond motifs is 1. The molecule has 8 nitrogen and oxygen atoms in total. The van der Waals surface area contributed by atoms with Gasteiger partial charge in [0, 0.05) is 15.6 Å². The van der Waals surface area contributed by atoms with Crippen LogP contribution in [0.1, 0.15) is 16.7 Å². The van der Waals surface area contributed by atoms with Gasteiger partial charge in [-0.15, -0.1) is 11.8 Å². The van der Waals surface area contributed by atoms with Crippen LogP contribution in [0.2, 0.25) is 0 Å². The monoisotopic (exact) mass is 476 g/mol. The van der Waals surface area contributed by atoms with Gasteiger partial charge in [0.15, 0.2) is 0 Å². The summed E-state index contributed by atoms with van der Waals surface area (Å²) in [5.41, 5.74) is 1.25. The number of hydrogen-bond acceptors (Lipinski definition) is 7. The van der Waals surface area contributed by atoms with E-state index in [0.717, 1.165) is 17.3 Å². The van der Waals surface area contributed by atoms with Crippen molar-refractivity contribution in [1.82, 2.24) is 10.2 Å². The number of β-lactam (4-membered cyclic amide) rings is 1. The van der Waals surface area contributed by atoms with Crippen LogP contribution in [-0.2, 0) is 20.8 Å². The van der Waals surface area contributed by atoms with E-state index in [-0.39, 0.29) is 23.6 Å². The van der Waals surface area contributed by atoms with Crippen molar-refractivity contribution >= 4 is 41.3 Å². The van der Waals surface area contributed by atoms with E-state index < -0.39 is 23.3 Å². The number of nitrogens with zero attached hydrogens (tertiary/aromatic N) is 3. The quantitative estimate of drug-likeness (QED) is 0.607. The predicted octanol–water partition coefficient (Wildman–Crippen LogP) is 2.46. The summed E-state index contributed by atoms with van der Waals surface area (Å²) in [6.45, 7) is 0. The number of benzene rings is 2. The number of carbonyl (C=O) groups excluding carboxylic acids is 2. The summed E-state index contributed by atoms with van der Waals surface area (Å²) in [6.07, 6.45) is 0.125. The van der Waals surface area contributed by atoms with Gasteiger partial charge in [-0.2, -0.15) is 10.5 Å². The molecule has 0 bridgehead atoms. The van der Waals surface area contributed by atoms with Crippen LogP contribution < -0.4 is 5.32 Å². The van der Waals surface area contributed by atoms with Gasteiger partial charge < -0.3 is 10.4 Å². The molecule has 2 heterocycles. The fraction of sp³-hybridized carbons (Fsp3) is 0.174. The van der Waals surface area contributed by atoms with Crippen molar-refractivity contribution in [3.63, 3.8) is 0 Å². The van der Waals surface area contributed by atoms with Crippen LogP contribution in [0.5, 0.6) is 0 Å². The van der Waals surface area contributed by atoms with Gasteiger partial charge in [-0.05, 0) is 23.8 Å². The average Bonchev–Trinajstić information content (AvgIpc) is 2.82. The molecule has 4 rings (SSSR count). The number of amides is 2. The normalized spacial score (nSPS) is 19.1. The first kappa shape index (κ1) is 22.5. The van der Waals surface area contributed by atoms with Crippen molar-refractivity contribution in [2.75, 3.05) is 5.75 Å². The number of carboxylic acid groups (broad SMARTS) is 1. The highest BCUT2D eigenvalue weighted by Gasteiger charge is 2.54. The Labute approximate surface area is 197 Å². The molecule has 1 saturated heterocycles. The molecule has 0 unspecified atom stereocenters. The number of hydrogen-bond donors (Lipinski definition) is 2. The Morgan fingerprint density at radius 2 is 1.94 bits per heavy atom. The average molecular weight is 477 g/mol. The van der Waals surface area contributed by atoms with Crippen LogP contribution in [0.15, 0.2) is 64.0 Å². The molecule has 164 valence electrons. The van der Waals surface area contributed by atoms with Gasteiger partial charge in [0.2, 0.25) is 5.91 Å². The molecule has 33 heavy (non-hydrogen) atoms. The lowest BCUT2D eigenvalue weighted by molar-refractivity contribution is -0.150. The molecule has 0 spiro atoms. The highest BCUT2D eigenvalue weighted by molar-refractivity contribution is 8.06. The number of carbonyl (C=O) groups is 3. The summed E-state index contributed by atoms with van der Waals surface area (Å²) < 4.78 is 0. The number of aliphatic carboxylic acids is 1. The van der Waals surface area contributed by atoms with Crippen LogP contribution in [0, 0.1) is 22.7 Å². The Balaban J connectivity index is 1.52. The molecule has 0 aromatic heterocycles. The predicted molar refractivity (Wildman–Crippen MR) is 122 cm³/mol. The SMILES string of the molecule is N#Cc1ccc(SC2=C(C(=O)O)N3C(=O)[C@@H](NC(=O)Cc4ccccc4)[C@@H]3SC2)c(C#N)c1. The molecule has 1 fully saturated rings. The highest BCUT2D eigenvalue weighted by atomic mass is 32.2. The standard InChI is InChI=1S/C23H16N4O4S2/c24-10-14-6-7-16(15(8-14)11-25)33-17-12-32-22-19(21(29)27(22)20(17)23(30)31)26-18(28)9-13-4-2-1-3-5-13/h1-8,19,22H,9,12H2,(H,26,28)(H,30,31)/t19-,22+/m1/s1. The van der Waals surface area contributed by atoms with Gasteiger partial charge in [0.25, 0.3) is 5.91 Å². The van der Waals surface area contributed by atoms with E-state index in [1.807, 2.05) is 42.5 Å². The van der Waals surface area contributed by atoms with Crippen molar-refractivity contribution in [3.8, 4) is 12.1 Å². The molecular formula is C23H16N4O4S2. The van der Waals surface area contributed by atoms with Gasteiger partial charge in [-0.25, -0.2) is 4.79 Å². The number of nitriles is 2. The molecule has 0 radical (unpaired) electrons. The molecule has 2 aliphatic rings. The Hall–Kier alpha value is -3.73. The molecule has 0 saturated carbocycles. The van der Waals surface area contributed by atoms with Crippen LogP contribution in [0.25, 0.3) is 0 Å². The zero-order chi connectivity index (χ0) is 23.5. The van der Waals surface area contributed by atoms with Crippen LogP contribution >= 0.6 is 23.5 Å². The Morgan fingerprint density at radius 1 is 1.18 bits per heavy atom. The van der Waals surface area contributed by atoms with Gasteiger partial charge in [-0.3, -0.25) is 14.5 Å². The smallest absolute Gasteiger partial charge is 0.353 e. The molecule has 10 heteroatoms. The lowest BCUT2D eigenvalue weighted by Crippen LogP contribution is -2.70. The van der Waals surface area contributed by atoms with Crippen LogP contribution in [-0.4, -0.2) is 45.0 Å². The Bertz CT molecular complexity index is 1260. The van der Waals surface area contributed by atoms with Crippen molar-refractivity contribution in [1.29, 1.82) is 10.5 Å². The Kier molecular flexibility index (Phi) is 6.40. The first-order valence-electron chi connectivity index (χ1n) is 9.79. The summed E-state index contributed by atoms with van der Waals surface area (Å²) >= 11 is 2.45. The maximum Gasteiger partial charge on any atom is 0.353 e. The van der Waals surface area contributed by atoms with E-state index in [1.54, 1.807) is 12.1 Å². The minimum absolute atomic E-state index is 0.125. The molecular weight excluding hydrogens is 460 g/mol. The minimum atomic E-state index is -1.25. The number of nitrogens with one attached hydrogen (secondary N) is 1. The van der Waals surface area contributed by atoms with Gasteiger partial charge >= 0.3 is 5.97 Å². The van der Waals surface area contributed by atoms with Crippen molar-refractivity contribution in [2.45, 2.75) is 22.7 Å². The first-order chi connectivity index (χ1) is 15.9. The first-order valence-corrected chi connectivity index (χ1v) is 11.7. The van der Waals surface area contributed by atoms with Crippen LogP contribution in [0.3, 0.4) is 0 Å². The minimum Gasteiger partial charge on any atom is -0.477 e. The largest absolute Gasteiger partial charge is 0.477 e. The third kappa shape index (κ3) is 4.44. The van der Waals surface area contributed by atoms with E-state index in [2.05, 4.69) is 5.32 Å². The van der Waals surface area contributed by atoms with E-state index >= 15 is 0 Å². The van der Waals surface area contributed by atoms with E-state index in [1.165, 1.54) is 22.7 Å². The fourth-order valence-corrected chi connectivity index (χ4v) is 6.12. The number of thioether (sulfide) groups is 2. The van der Waals surface area contributed by atoms with Crippen molar-refractivity contribution in [2.24, 2.45) is 0 Å². The van der Waals surface area contributed by atoms with Crippen molar-refractivity contribution < 1.29 is 19.5 Å². The number of carboxylic acids is 1. The van der Waals surface area contributed by atoms with Gasteiger partial charge in [0.05, 0.1) is 23.6 Å². The van der Waals surface area contributed by atoms with Gasteiger partial charge in [0.1, 0.15) is 23.2 Å². The fourth-order valence-electron chi connectivity index (χ4n) is 3.58. The summed E-state index contributed by atoms with van der Waals surface area (Å²) in [6, 6.07) is 16.9. The molecule has 2 amide bonds. The molecule has 2 aliphatic heterocycles. The maximum atomic E-state index is 12.8. The van der Waals surface area contributed by atoms with E-state index in [0.29, 0.717) is 21.1 Å².